The number of rotatable bonds is 3. The van der Waals surface area contributed by atoms with Crippen LogP contribution in [0.4, 0.5) is 11.4 Å². The van der Waals surface area contributed by atoms with Gasteiger partial charge >= 0.3 is 0 Å². The Labute approximate surface area is 135 Å². The quantitative estimate of drug-likeness (QED) is 0.780. The molecule has 0 saturated carbocycles. The summed E-state index contributed by atoms with van der Waals surface area (Å²) in [5.41, 5.74) is 6.51. The van der Waals surface area contributed by atoms with E-state index < -0.39 is 0 Å². The maximum absolute atomic E-state index is 8.79. The largest absolute Gasteiger partial charge is 0.355 e. The lowest BCUT2D eigenvalue weighted by Crippen LogP contribution is -1.94. The topological polar surface area (TPSA) is 61.6 Å². The summed E-state index contributed by atoms with van der Waals surface area (Å²) in [6.07, 6.45) is 1.72. The van der Waals surface area contributed by atoms with Crippen molar-refractivity contribution in [1.29, 1.82) is 5.26 Å². The van der Waals surface area contributed by atoms with E-state index in [0.717, 1.165) is 33.9 Å². The second kappa shape index (κ2) is 6.29. The molecule has 0 bridgehead atoms. The standard InChI is InChI=1S/C19H16N4/c1-13-9-19(10-14(2)22-13)23-17-6-3-15(4-7-17)16-5-8-18(11-20)21-12-16/h3-10,12H,1-2H3,(H,22,23). The van der Waals surface area contributed by atoms with Crippen molar-refractivity contribution in [3.63, 3.8) is 0 Å². The van der Waals surface area contributed by atoms with Crippen LogP contribution in [0.3, 0.4) is 0 Å². The highest BCUT2D eigenvalue weighted by atomic mass is 14.9. The first-order valence-electron chi connectivity index (χ1n) is 7.33. The van der Waals surface area contributed by atoms with E-state index in [1.165, 1.54) is 0 Å². The molecule has 0 spiro atoms. The minimum Gasteiger partial charge on any atom is -0.355 e. The Kier molecular flexibility index (Phi) is 4.03. The Balaban J connectivity index is 1.80. The number of benzene rings is 1. The first-order valence-corrected chi connectivity index (χ1v) is 7.33. The Morgan fingerprint density at radius 3 is 2.09 bits per heavy atom. The lowest BCUT2D eigenvalue weighted by molar-refractivity contribution is 1.12. The van der Waals surface area contributed by atoms with E-state index in [1.807, 2.05) is 62.4 Å². The fraction of sp³-hybridized carbons (Fsp3) is 0.105. The van der Waals surface area contributed by atoms with Crippen LogP contribution >= 0.6 is 0 Å². The van der Waals surface area contributed by atoms with Gasteiger partial charge in [0.2, 0.25) is 0 Å². The molecule has 0 aliphatic heterocycles. The van der Waals surface area contributed by atoms with Crippen LogP contribution in [-0.4, -0.2) is 9.97 Å². The second-order valence-electron chi connectivity index (χ2n) is 5.38. The van der Waals surface area contributed by atoms with Crippen molar-refractivity contribution < 1.29 is 0 Å². The normalized spacial score (nSPS) is 10.1. The zero-order chi connectivity index (χ0) is 16.2. The fourth-order valence-electron chi connectivity index (χ4n) is 2.45. The molecule has 0 atom stereocenters. The average Bonchev–Trinajstić information content (AvgIpc) is 2.55. The van der Waals surface area contributed by atoms with Gasteiger partial charge in [0, 0.05) is 34.5 Å². The van der Waals surface area contributed by atoms with Crippen molar-refractivity contribution in [3.8, 4) is 17.2 Å². The minimum atomic E-state index is 0.426. The number of aromatic nitrogens is 2. The summed E-state index contributed by atoms with van der Waals surface area (Å²) in [4.78, 5) is 8.47. The maximum Gasteiger partial charge on any atom is 0.140 e. The first-order chi connectivity index (χ1) is 11.1. The van der Waals surface area contributed by atoms with E-state index in [-0.39, 0.29) is 0 Å². The highest BCUT2D eigenvalue weighted by molar-refractivity contribution is 5.68. The molecule has 0 radical (unpaired) electrons. The van der Waals surface area contributed by atoms with Gasteiger partial charge in [0.1, 0.15) is 11.8 Å². The third-order valence-electron chi connectivity index (χ3n) is 3.47. The molecule has 3 rings (SSSR count). The van der Waals surface area contributed by atoms with Gasteiger partial charge in [-0.25, -0.2) is 4.98 Å². The van der Waals surface area contributed by atoms with Crippen molar-refractivity contribution in [2.75, 3.05) is 5.32 Å². The van der Waals surface area contributed by atoms with Crippen LogP contribution in [0.15, 0.2) is 54.7 Å². The van der Waals surface area contributed by atoms with Gasteiger partial charge in [0.05, 0.1) is 0 Å². The van der Waals surface area contributed by atoms with Crippen molar-refractivity contribution in [2.45, 2.75) is 13.8 Å². The zero-order valence-electron chi connectivity index (χ0n) is 13.0. The predicted octanol–water partition coefficient (Wildman–Crippen LogP) is 4.38. The molecule has 4 heteroatoms. The summed E-state index contributed by atoms with van der Waals surface area (Å²) in [7, 11) is 0. The summed E-state index contributed by atoms with van der Waals surface area (Å²) < 4.78 is 0. The number of hydrogen-bond donors (Lipinski definition) is 1. The first kappa shape index (κ1) is 14.7. The molecule has 0 aliphatic carbocycles. The highest BCUT2D eigenvalue weighted by Crippen LogP contribution is 2.23. The molecule has 0 unspecified atom stereocenters. The SMILES string of the molecule is Cc1cc(Nc2ccc(-c3ccc(C#N)nc3)cc2)cc(C)n1. The number of hydrogen-bond acceptors (Lipinski definition) is 4. The van der Waals surface area contributed by atoms with Gasteiger partial charge in [-0.05, 0) is 55.8 Å². The van der Waals surface area contributed by atoms with Crippen molar-refractivity contribution in [1.82, 2.24) is 9.97 Å². The van der Waals surface area contributed by atoms with Crippen LogP contribution < -0.4 is 5.32 Å². The van der Waals surface area contributed by atoms with Crippen molar-refractivity contribution in [2.24, 2.45) is 0 Å². The summed E-state index contributed by atoms with van der Waals surface area (Å²) in [5.74, 6) is 0. The third-order valence-corrected chi connectivity index (χ3v) is 3.47. The van der Waals surface area contributed by atoms with Crippen LogP contribution in [-0.2, 0) is 0 Å². The minimum absolute atomic E-state index is 0.426. The van der Waals surface area contributed by atoms with E-state index >= 15 is 0 Å². The zero-order valence-corrected chi connectivity index (χ0v) is 13.0. The van der Waals surface area contributed by atoms with Crippen LogP contribution in [0.2, 0.25) is 0 Å². The molecule has 2 aromatic heterocycles. The van der Waals surface area contributed by atoms with E-state index in [0.29, 0.717) is 5.69 Å². The maximum atomic E-state index is 8.79. The number of anilines is 2. The Morgan fingerprint density at radius 1 is 0.870 bits per heavy atom. The number of nitrogens with zero attached hydrogens (tertiary/aromatic N) is 3. The van der Waals surface area contributed by atoms with Crippen LogP contribution in [0.25, 0.3) is 11.1 Å². The van der Waals surface area contributed by atoms with Gasteiger partial charge in [-0.15, -0.1) is 0 Å². The third kappa shape index (κ3) is 3.53. The van der Waals surface area contributed by atoms with E-state index in [2.05, 4.69) is 15.3 Å². The molecule has 4 nitrogen and oxygen atoms in total. The lowest BCUT2D eigenvalue weighted by atomic mass is 10.1. The Bertz CT molecular complexity index is 839. The highest BCUT2D eigenvalue weighted by Gasteiger charge is 2.01. The summed E-state index contributed by atoms with van der Waals surface area (Å²) in [5, 5.41) is 12.2. The molecule has 1 aromatic carbocycles. The molecule has 0 aliphatic rings. The number of pyridine rings is 2. The van der Waals surface area contributed by atoms with Crippen LogP contribution in [0, 0.1) is 25.2 Å². The van der Waals surface area contributed by atoms with Gasteiger partial charge in [0.25, 0.3) is 0 Å². The number of aryl methyl sites for hydroxylation is 2. The molecule has 112 valence electrons. The van der Waals surface area contributed by atoms with Gasteiger partial charge in [-0.2, -0.15) is 5.26 Å². The monoisotopic (exact) mass is 300 g/mol. The Morgan fingerprint density at radius 2 is 1.52 bits per heavy atom. The van der Waals surface area contributed by atoms with Gasteiger partial charge in [-0.1, -0.05) is 12.1 Å². The summed E-state index contributed by atoms with van der Waals surface area (Å²) in [6.45, 7) is 3.97. The molecule has 0 saturated heterocycles. The van der Waals surface area contributed by atoms with Gasteiger partial charge in [-0.3, -0.25) is 4.98 Å². The summed E-state index contributed by atoms with van der Waals surface area (Å²) in [6, 6.07) is 17.8. The number of nitrogens with one attached hydrogen (secondary N) is 1. The Hall–Kier alpha value is -3.19. The van der Waals surface area contributed by atoms with Crippen LogP contribution in [0.1, 0.15) is 17.1 Å². The van der Waals surface area contributed by atoms with Crippen LogP contribution in [0.5, 0.6) is 0 Å². The van der Waals surface area contributed by atoms with E-state index in [4.69, 9.17) is 5.26 Å². The molecular formula is C19H16N4. The van der Waals surface area contributed by atoms with Gasteiger partial charge in [0.15, 0.2) is 0 Å². The van der Waals surface area contributed by atoms with Crippen molar-refractivity contribution >= 4 is 11.4 Å². The molecular weight excluding hydrogens is 284 g/mol. The second-order valence-corrected chi connectivity index (χ2v) is 5.38. The molecule has 2 heterocycles. The van der Waals surface area contributed by atoms with E-state index in [1.54, 1.807) is 12.3 Å². The average molecular weight is 300 g/mol. The predicted molar refractivity (Wildman–Crippen MR) is 91.4 cm³/mol. The smallest absolute Gasteiger partial charge is 0.140 e. The fourth-order valence-corrected chi connectivity index (χ4v) is 2.45. The molecule has 3 aromatic rings. The van der Waals surface area contributed by atoms with E-state index in [9.17, 15) is 0 Å². The van der Waals surface area contributed by atoms with Gasteiger partial charge < -0.3 is 5.32 Å². The molecule has 1 N–H and O–H groups in total. The summed E-state index contributed by atoms with van der Waals surface area (Å²) >= 11 is 0. The van der Waals surface area contributed by atoms with Crippen molar-refractivity contribution in [3.05, 3.63) is 71.8 Å². The number of nitriles is 1. The molecule has 23 heavy (non-hydrogen) atoms. The lowest BCUT2D eigenvalue weighted by Gasteiger charge is -2.09. The molecule has 0 amide bonds. The molecule has 0 fully saturated rings.